The van der Waals surface area contributed by atoms with Gasteiger partial charge in [-0.1, -0.05) is 25.8 Å². The van der Waals surface area contributed by atoms with Crippen molar-refractivity contribution < 1.29 is 14.0 Å². The monoisotopic (exact) mass is 314 g/mol. The van der Waals surface area contributed by atoms with E-state index in [0.717, 1.165) is 19.3 Å². The lowest BCUT2D eigenvalue weighted by atomic mass is 10.1. The maximum Gasteiger partial charge on any atom is 0.251 e. The Kier molecular flexibility index (Phi) is 6.41. The Hall–Kier alpha value is -2.56. The van der Waals surface area contributed by atoms with Gasteiger partial charge in [0.15, 0.2) is 0 Å². The van der Waals surface area contributed by atoms with E-state index < -0.39 is 0 Å². The molecule has 0 spiro atoms. The van der Waals surface area contributed by atoms with Crippen LogP contribution in [-0.2, 0) is 11.3 Å². The third-order valence-electron chi connectivity index (χ3n) is 3.42. The van der Waals surface area contributed by atoms with Crippen LogP contribution in [0, 0.1) is 0 Å². The number of amides is 2. The standard InChI is InChI=1S/C18H22N2O3/c1-2-3-4-10-17(21)20-15-8-5-7-14(12-15)18(22)19-13-16-9-6-11-23-16/h5-9,11-12H,2-4,10,13H2,1H3,(H,19,22)(H,20,21). The van der Waals surface area contributed by atoms with E-state index in [0.29, 0.717) is 30.0 Å². The van der Waals surface area contributed by atoms with Crippen molar-refractivity contribution in [3.05, 3.63) is 54.0 Å². The molecule has 0 aliphatic rings. The van der Waals surface area contributed by atoms with Gasteiger partial charge in [-0.3, -0.25) is 9.59 Å². The zero-order valence-electron chi connectivity index (χ0n) is 13.3. The Bertz CT molecular complexity index is 635. The third kappa shape index (κ3) is 5.62. The molecule has 0 bridgehead atoms. The molecule has 1 aromatic heterocycles. The summed E-state index contributed by atoms with van der Waals surface area (Å²) in [6.45, 7) is 2.43. The lowest BCUT2D eigenvalue weighted by molar-refractivity contribution is -0.116. The van der Waals surface area contributed by atoms with E-state index in [1.807, 2.05) is 0 Å². The van der Waals surface area contributed by atoms with Gasteiger partial charge in [-0.05, 0) is 36.8 Å². The first-order valence-electron chi connectivity index (χ1n) is 7.89. The molecule has 0 atom stereocenters. The van der Waals surface area contributed by atoms with Crippen LogP contribution in [0.2, 0.25) is 0 Å². The fourth-order valence-corrected chi connectivity index (χ4v) is 2.18. The minimum absolute atomic E-state index is 0.0217. The average Bonchev–Trinajstić information content (AvgIpc) is 3.06. The maximum atomic E-state index is 12.1. The second-order valence-electron chi connectivity index (χ2n) is 5.35. The summed E-state index contributed by atoms with van der Waals surface area (Å²) in [7, 11) is 0. The third-order valence-corrected chi connectivity index (χ3v) is 3.42. The minimum atomic E-state index is -0.205. The van der Waals surface area contributed by atoms with Crippen LogP contribution in [-0.4, -0.2) is 11.8 Å². The Balaban J connectivity index is 1.88. The number of rotatable bonds is 8. The van der Waals surface area contributed by atoms with Crippen LogP contribution in [0.3, 0.4) is 0 Å². The maximum absolute atomic E-state index is 12.1. The summed E-state index contributed by atoms with van der Waals surface area (Å²) in [5.74, 6) is 0.466. The molecular weight excluding hydrogens is 292 g/mol. The van der Waals surface area contributed by atoms with Gasteiger partial charge in [0.1, 0.15) is 5.76 Å². The molecular formula is C18H22N2O3. The fraction of sp³-hybridized carbons (Fsp3) is 0.333. The van der Waals surface area contributed by atoms with Gasteiger partial charge < -0.3 is 15.1 Å². The van der Waals surface area contributed by atoms with Crippen molar-refractivity contribution in [2.75, 3.05) is 5.32 Å². The molecule has 2 aromatic rings. The largest absolute Gasteiger partial charge is 0.467 e. The van der Waals surface area contributed by atoms with E-state index in [9.17, 15) is 9.59 Å². The number of carbonyl (C=O) groups excluding carboxylic acids is 2. The van der Waals surface area contributed by atoms with Crippen LogP contribution in [0.4, 0.5) is 5.69 Å². The van der Waals surface area contributed by atoms with Crippen LogP contribution >= 0.6 is 0 Å². The van der Waals surface area contributed by atoms with Gasteiger partial charge in [0, 0.05) is 17.7 Å². The first-order chi connectivity index (χ1) is 11.2. The van der Waals surface area contributed by atoms with Gasteiger partial charge in [-0.15, -0.1) is 0 Å². The summed E-state index contributed by atoms with van der Waals surface area (Å²) in [6.07, 6.45) is 5.08. The summed E-state index contributed by atoms with van der Waals surface area (Å²) >= 11 is 0. The van der Waals surface area contributed by atoms with E-state index in [4.69, 9.17) is 4.42 Å². The van der Waals surface area contributed by atoms with E-state index in [2.05, 4.69) is 17.6 Å². The fourth-order valence-electron chi connectivity index (χ4n) is 2.18. The van der Waals surface area contributed by atoms with Crippen LogP contribution in [0.1, 0.15) is 48.7 Å². The average molecular weight is 314 g/mol. The van der Waals surface area contributed by atoms with Crippen molar-refractivity contribution in [1.82, 2.24) is 5.32 Å². The summed E-state index contributed by atoms with van der Waals surface area (Å²) in [5, 5.41) is 5.61. The molecule has 122 valence electrons. The number of nitrogens with one attached hydrogen (secondary N) is 2. The second kappa shape index (κ2) is 8.78. The Morgan fingerprint density at radius 2 is 2.00 bits per heavy atom. The first kappa shape index (κ1) is 16.8. The van der Waals surface area contributed by atoms with Crippen LogP contribution < -0.4 is 10.6 Å². The van der Waals surface area contributed by atoms with Crippen LogP contribution in [0.25, 0.3) is 0 Å². The summed E-state index contributed by atoms with van der Waals surface area (Å²) in [6, 6.07) is 10.5. The van der Waals surface area contributed by atoms with Gasteiger partial charge in [0.2, 0.25) is 5.91 Å². The zero-order chi connectivity index (χ0) is 16.5. The Morgan fingerprint density at radius 3 is 2.74 bits per heavy atom. The molecule has 0 unspecified atom stereocenters. The second-order valence-corrected chi connectivity index (χ2v) is 5.35. The number of anilines is 1. The molecule has 2 amide bonds. The van der Waals surface area contributed by atoms with Crippen molar-refractivity contribution in [1.29, 1.82) is 0 Å². The summed E-state index contributed by atoms with van der Waals surface area (Å²) in [5.41, 5.74) is 1.14. The van der Waals surface area contributed by atoms with Crippen LogP contribution in [0.5, 0.6) is 0 Å². The van der Waals surface area contributed by atoms with Crippen molar-refractivity contribution in [3.8, 4) is 0 Å². The number of unbranched alkanes of at least 4 members (excludes halogenated alkanes) is 2. The van der Waals surface area contributed by atoms with Gasteiger partial charge in [-0.2, -0.15) is 0 Å². The molecule has 0 saturated carbocycles. The normalized spacial score (nSPS) is 10.3. The van der Waals surface area contributed by atoms with E-state index in [-0.39, 0.29) is 11.8 Å². The van der Waals surface area contributed by atoms with Crippen molar-refractivity contribution in [2.45, 2.75) is 39.2 Å². The number of hydrogen-bond donors (Lipinski definition) is 2. The lowest BCUT2D eigenvalue weighted by Gasteiger charge is -2.08. The molecule has 1 heterocycles. The minimum Gasteiger partial charge on any atom is -0.467 e. The molecule has 23 heavy (non-hydrogen) atoms. The highest BCUT2D eigenvalue weighted by Gasteiger charge is 2.08. The predicted molar refractivity (Wildman–Crippen MR) is 89.1 cm³/mol. The number of carbonyl (C=O) groups is 2. The summed E-state index contributed by atoms with van der Waals surface area (Å²) in [4.78, 5) is 23.9. The lowest BCUT2D eigenvalue weighted by Crippen LogP contribution is -2.22. The molecule has 2 rings (SSSR count). The molecule has 0 fully saturated rings. The van der Waals surface area contributed by atoms with Crippen molar-refractivity contribution >= 4 is 17.5 Å². The number of furan rings is 1. The molecule has 0 radical (unpaired) electrons. The Labute approximate surface area is 136 Å². The smallest absolute Gasteiger partial charge is 0.251 e. The first-order valence-corrected chi connectivity index (χ1v) is 7.89. The SMILES string of the molecule is CCCCCC(=O)Nc1cccc(C(=O)NCc2ccco2)c1. The highest BCUT2D eigenvalue weighted by atomic mass is 16.3. The van der Waals surface area contributed by atoms with Crippen molar-refractivity contribution in [2.24, 2.45) is 0 Å². The predicted octanol–water partition coefficient (Wildman–Crippen LogP) is 3.73. The molecule has 2 N–H and O–H groups in total. The van der Waals surface area contributed by atoms with E-state index >= 15 is 0 Å². The van der Waals surface area contributed by atoms with Gasteiger partial charge in [0.25, 0.3) is 5.91 Å². The quantitative estimate of drug-likeness (QED) is 0.729. The molecule has 0 aliphatic carbocycles. The van der Waals surface area contributed by atoms with E-state index in [1.54, 1.807) is 42.7 Å². The highest BCUT2D eigenvalue weighted by Crippen LogP contribution is 2.12. The highest BCUT2D eigenvalue weighted by molar-refractivity contribution is 5.97. The molecule has 5 nitrogen and oxygen atoms in total. The number of benzene rings is 1. The Morgan fingerprint density at radius 1 is 1.13 bits per heavy atom. The molecule has 1 aromatic carbocycles. The molecule has 0 aliphatic heterocycles. The number of hydrogen-bond acceptors (Lipinski definition) is 3. The topological polar surface area (TPSA) is 71.3 Å². The molecule has 5 heteroatoms. The van der Waals surface area contributed by atoms with E-state index in [1.165, 1.54) is 0 Å². The summed E-state index contributed by atoms with van der Waals surface area (Å²) < 4.78 is 5.17. The van der Waals surface area contributed by atoms with Crippen molar-refractivity contribution in [3.63, 3.8) is 0 Å². The van der Waals surface area contributed by atoms with Gasteiger partial charge >= 0.3 is 0 Å². The molecule has 0 saturated heterocycles. The van der Waals surface area contributed by atoms with Gasteiger partial charge in [0.05, 0.1) is 12.8 Å². The zero-order valence-corrected chi connectivity index (χ0v) is 13.3. The van der Waals surface area contributed by atoms with Gasteiger partial charge in [-0.25, -0.2) is 0 Å². The van der Waals surface area contributed by atoms with Crippen LogP contribution in [0.15, 0.2) is 47.1 Å².